The molecule has 0 aliphatic heterocycles. The number of benzene rings is 2. The first-order valence-electron chi connectivity index (χ1n) is 6.05. The lowest BCUT2D eigenvalue weighted by Gasteiger charge is -2.09. The first-order chi connectivity index (χ1) is 9.88. The monoisotopic (exact) mass is 322 g/mol. The Morgan fingerprint density at radius 2 is 1.90 bits per heavy atom. The molecule has 3 N–H and O–H groups in total. The predicted molar refractivity (Wildman–Crippen MR) is 86.4 cm³/mol. The topological polar surface area (TPSA) is 55.1 Å². The number of anilines is 1. The summed E-state index contributed by atoms with van der Waals surface area (Å²) in [6.07, 6.45) is 0. The summed E-state index contributed by atoms with van der Waals surface area (Å²) < 4.78 is 13.2. The summed E-state index contributed by atoms with van der Waals surface area (Å²) in [5.74, 6) is -0.728. The molecule has 0 saturated heterocycles. The molecule has 2 aromatic carbocycles. The number of carbonyl (C=O) groups excluding carboxylic acids is 1. The molecule has 2 aromatic rings. The maximum absolute atomic E-state index is 13.2. The molecule has 2 rings (SSSR count). The first kappa shape index (κ1) is 15.4. The third-order valence-corrected chi connectivity index (χ3v) is 3.47. The molecule has 0 heterocycles. The molecule has 0 saturated carbocycles. The van der Waals surface area contributed by atoms with Gasteiger partial charge in [0, 0.05) is 11.1 Å². The van der Waals surface area contributed by atoms with Gasteiger partial charge in [0.15, 0.2) is 0 Å². The Morgan fingerprint density at radius 3 is 2.48 bits per heavy atom. The van der Waals surface area contributed by atoms with Gasteiger partial charge in [-0.25, -0.2) is 4.39 Å². The van der Waals surface area contributed by atoms with Crippen LogP contribution in [0.1, 0.15) is 21.5 Å². The normalized spacial score (nSPS) is 10.2. The zero-order valence-electron chi connectivity index (χ0n) is 11.1. The molecule has 0 fully saturated rings. The third-order valence-electron chi connectivity index (χ3n) is 2.92. The van der Waals surface area contributed by atoms with Gasteiger partial charge < -0.3 is 11.1 Å². The molecule has 108 valence electrons. The highest BCUT2D eigenvalue weighted by molar-refractivity contribution is 7.80. The van der Waals surface area contributed by atoms with Crippen molar-refractivity contribution < 1.29 is 9.18 Å². The first-order valence-corrected chi connectivity index (χ1v) is 6.84. The average Bonchev–Trinajstić information content (AvgIpc) is 2.43. The fraction of sp³-hybridized carbons (Fsp3) is 0.0667. The van der Waals surface area contributed by atoms with Crippen molar-refractivity contribution >= 4 is 40.4 Å². The average molecular weight is 323 g/mol. The maximum Gasteiger partial charge on any atom is 0.255 e. The van der Waals surface area contributed by atoms with Crippen molar-refractivity contribution in [2.24, 2.45) is 5.73 Å². The van der Waals surface area contributed by atoms with Gasteiger partial charge in [0.1, 0.15) is 10.8 Å². The van der Waals surface area contributed by atoms with Crippen LogP contribution in [0, 0.1) is 12.7 Å². The van der Waals surface area contributed by atoms with Gasteiger partial charge in [-0.1, -0.05) is 23.8 Å². The van der Waals surface area contributed by atoms with E-state index in [1.54, 1.807) is 25.1 Å². The van der Waals surface area contributed by atoms with Gasteiger partial charge in [-0.3, -0.25) is 4.79 Å². The van der Waals surface area contributed by atoms with Crippen LogP contribution in [0.2, 0.25) is 5.02 Å². The van der Waals surface area contributed by atoms with Crippen LogP contribution in [0.4, 0.5) is 10.1 Å². The largest absolute Gasteiger partial charge is 0.389 e. The summed E-state index contributed by atoms with van der Waals surface area (Å²) >= 11 is 10.9. The van der Waals surface area contributed by atoms with Crippen LogP contribution >= 0.6 is 23.8 Å². The number of hydrogen-bond donors (Lipinski definition) is 2. The highest BCUT2D eigenvalue weighted by Crippen LogP contribution is 2.24. The van der Waals surface area contributed by atoms with Gasteiger partial charge in [-0.05, 0) is 48.9 Å². The summed E-state index contributed by atoms with van der Waals surface area (Å²) in [6.45, 7) is 1.59. The molecular weight excluding hydrogens is 311 g/mol. The number of aryl methyl sites for hydroxylation is 1. The second-order valence-electron chi connectivity index (χ2n) is 4.48. The lowest BCUT2D eigenvalue weighted by Crippen LogP contribution is -2.14. The molecular formula is C15H12ClFN2OS. The Bertz CT molecular complexity index is 734. The molecule has 3 nitrogen and oxygen atoms in total. The number of thiocarbonyl (C=S) groups is 1. The minimum atomic E-state index is -0.372. The van der Waals surface area contributed by atoms with E-state index in [9.17, 15) is 9.18 Å². The molecule has 0 unspecified atom stereocenters. The number of nitrogens with two attached hydrogens (primary N) is 1. The number of halogens is 2. The van der Waals surface area contributed by atoms with Crippen LogP contribution in [0.15, 0.2) is 36.4 Å². The van der Waals surface area contributed by atoms with E-state index < -0.39 is 0 Å². The van der Waals surface area contributed by atoms with Crippen molar-refractivity contribution in [2.75, 3.05) is 5.32 Å². The van der Waals surface area contributed by atoms with E-state index in [1.165, 1.54) is 18.2 Å². The number of nitrogens with one attached hydrogen (secondary N) is 1. The second-order valence-corrected chi connectivity index (χ2v) is 5.32. The summed E-state index contributed by atoms with van der Waals surface area (Å²) in [5.41, 5.74) is 7.31. The number of hydrogen-bond acceptors (Lipinski definition) is 2. The smallest absolute Gasteiger partial charge is 0.255 e. The van der Waals surface area contributed by atoms with Crippen molar-refractivity contribution in [1.29, 1.82) is 0 Å². The number of amides is 1. The van der Waals surface area contributed by atoms with Crippen molar-refractivity contribution in [3.05, 3.63) is 63.9 Å². The Balaban J connectivity index is 2.23. The predicted octanol–water partition coefficient (Wildman–Crippen LogP) is 3.67. The highest BCUT2D eigenvalue weighted by atomic mass is 35.5. The van der Waals surface area contributed by atoms with Crippen LogP contribution in [-0.2, 0) is 0 Å². The minimum absolute atomic E-state index is 0.226. The Labute approximate surface area is 131 Å². The van der Waals surface area contributed by atoms with Gasteiger partial charge in [0.05, 0.1) is 10.7 Å². The summed E-state index contributed by atoms with van der Waals surface area (Å²) in [5, 5.41) is 2.99. The molecule has 6 heteroatoms. The van der Waals surface area contributed by atoms with E-state index in [4.69, 9.17) is 29.6 Å². The van der Waals surface area contributed by atoms with Gasteiger partial charge in [-0.2, -0.15) is 0 Å². The van der Waals surface area contributed by atoms with Crippen LogP contribution < -0.4 is 11.1 Å². The molecule has 0 aliphatic rings. The highest BCUT2D eigenvalue weighted by Gasteiger charge is 2.11. The van der Waals surface area contributed by atoms with Crippen molar-refractivity contribution in [3.63, 3.8) is 0 Å². The van der Waals surface area contributed by atoms with E-state index in [-0.39, 0.29) is 16.7 Å². The molecule has 1 amide bonds. The van der Waals surface area contributed by atoms with Crippen molar-refractivity contribution in [1.82, 2.24) is 0 Å². The fourth-order valence-corrected chi connectivity index (χ4v) is 2.10. The zero-order valence-corrected chi connectivity index (χ0v) is 12.7. The van der Waals surface area contributed by atoms with Gasteiger partial charge in [0.25, 0.3) is 5.91 Å². The molecule has 0 aromatic heterocycles. The van der Waals surface area contributed by atoms with Gasteiger partial charge >= 0.3 is 0 Å². The molecule has 0 atom stereocenters. The molecule has 0 aliphatic carbocycles. The SMILES string of the molecule is Cc1cc(C(=O)Nc2ccc(C(N)=S)cc2Cl)ccc1F. The quantitative estimate of drug-likeness (QED) is 0.848. The zero-order chi connectivity index (χ0) is 15.6. The molecule has 0 spiro atoms. The maximum atomic E-state index is 13.2. The van der Waals surface area contributed by atoms with Gasteiger partial charge in [-0.15, -0.1) is 0 Å². The lowest BCUT2D eigenvalue weighted by atomic mass is 10.1. The van der Waals surface area contributed by atoms with Crippen LogP contribution in [0.5, 0.6) is 0 Å². The molecule has 0 bridgehead atoms. The number of carbonyl (C=O) groups is 1. The number of rotatable bonds is 3. The lowest BCUT2D eigenvalue weighted by molar-refractivity contribution is 0.102. The Hall–Kier alpha value is -1.98. The van der Waals surface area contributed by atoms with Crippen LogP contribution in [0.25, 0.3) is 0 Å². The van der Waals surface area contributed by atoms with Crippen molar-refractivity contribution in [2.45, 2.75) is 6.92 Å². The summed E-state index contributed by atoms with van der Waals surface area (Å²) in [4.78, 5) is 12.3. The van der Waals surface area contributed by atoms with Crippen LogP contribution in [-0.4, -0.2) is 10.9 Å². The standard InChI is InChI=1S/C15H12ClFN2OS/c1-8-6-10(2-4-12(8)17)15(20)19-13-5-3-9(14(18)21)7-11(13)16/h2-7H,1H3,(H2,18,21)(H,19,20). The third kappa shape index (κ3) is 3.56. The van der Waals surface area contributed by atoms with E-state index in [2.05, 4.69) is 5.32 Å². The fourth-order valence-electron chi connectivity index (χ4n) is 1.75. The van der Waals surface area contributed by atoms with Crippen molar-refractivity contribution in [3.8, 4) is 0 Å². The second kappa shape index (κ2) is 6.20. The van der Waals surface area contributed by atoms with Gasteiger partial charge in [0.2, 0.25) is 0 Å². The van der Waals surface area contributed by atoms with E-state index in [0.29, 0.717) is 27.4 Å². The molecule has 21 heavy (non-hydrogen) atoms. The summed E-state index contributed by atoms with van der Waals surface area (Å²) in [6, 6.07) is 9.00. The van der Waals surface area contributed by atoms with E-state index in [0.717, 1.165) is 0 Å². The van der Waals surface area contributed by atoms with E-state index in [1.807, 2.05) is 0 Å². The van der Waals surface area contributed by atoms with E-state index >= 15 is 0 Å². The summed E-state index contributed by atoms with van der Waals surface area (Å²) in [7, 11) is 0. The minimum Gasteiger partial charge on any atom is -0.389 e. The van der Waals surface area contributed by atoms with Crippen LogP contribution in [0.3, 0.4) is 0 Å². The Kier molecular flexibility index (Phi) is 4.55. The Morgan fingerprint density at radius 1 is 1.24 bits per heavy atom. The molecule has 0 radical (unpaired) electrons.